The lowest BCUT2D eigenvalue weighted by atomic mass is 9.70. The molecule has 0 aromatic heterocycles. The molecule has 0 amide bonds. The van der Waals surface area contributed by atoms with Crippen molar-refractivity contribution in [3.05, 3.63) is 69.7 Å². The van der Waals surface area contributed by atoms with E-state index in [1.807, 2.05) is 12.1 Å². The van der Waals surface area contributed by atoms with Crippen LogP contribution in [0.2, 0.25) is 5.02 Å². The van der Waals surface area contributed by atoms with E-state index in [1.54, 1.807) is 30.3 Å². The molecule has 0 spiro atoms. The summed E-state index contributed by atoms with van der Waals surface area (Å²) in [5.74, 6) is -4.92. The van der Waals surface area contributed by atoms with Gasteiger partial charge in [-0.25, -0.2) is 0 Å². The summed E-state index contributed by atoms with van der Waals surface area (Å²) in [5.41, 5.74) is 2.61. The maximum absolute atomic E-state index is 12.2. The molecule has 0 aliphatic heterocycles. The average Bonchev–Trinajstić information content (AvgIpc) is 2.87. The van der Waals surface area contributed by atoms with Gasteiger partial charge < -0.3 is 24.1 Å². The molecule has 1 aliphatic carbocycles. The number of ketones is 1. The smallest absolute Gasteiger partial charge is 0.303 e. The van der Waals surface area contributed by atoms with E-state index in [0.717, 1.165) is 26.3 Å². The monoisotopic (exact) mass is 588 g/mol. The molecule has 10 nitrogen and oxygen atoms in total. The van der Waals surface area contributed by atoms with E-state index in [0.29, 0.717) is 28.1 Å². The number of rotatable bonds is 9. The SMILES string of the molecule is CC(=O)OCC1C(O)C(c2ccc(Cl)c(Cc3ccc(C(C)=O)cc3)c2)C(OC(C)=O)C(OC(C)=O)C1OC(C)=O. The third kappa shape index (κ3) is 8.14. The van der Waals surface area contributed by atoms with Crippen molar-refractivity contribution in [2.24, 2.45) is 5.92 Å². The van der Waals surface area contributed by atoms with Crippen molar-refractivity contribution in [3.63, 3.8) is 0 Å². The number of carbonyl (C=O) groups excluding carboxylic acids is 5. The molecule has 0 bridgehead atoms. The minimum atomic E-state index is -1.38. The number of Topliss-reactive ketones (excluding diaryl/α,β-unsaturated/α-hetero) is 1. The second kappa shape index (κ2) is 13.7. The van der Waals surface area contributed by atoms with Gasteiger partial charge in [0.15, 0.2) is 24.1 Å². The van der Waals surface area contributed by atoms with Gasteiger partial charge in [-0.1, -0.05) is 48.0 Å². The Labute approximate surface area is 242 Å². The minimum absolute atomic E-state index is 0.0583. The van der Waals surface area contributed by atoms with Crippen LogP contribution in [-0.2, 0) is 44.5 Å². The molecule has 11 heteroatoms. The Hall–Kier alpha value is -3.76. The maximum atomic E-state index is 12.2. The van der Waals surface area contributed by atoms with Gasteiger partial charge in [0, 0.05) is 38.3 Å². The molecule has 2 aromatic carbocycles. The highest BCUT2D eigenvalue weighted by Gasteiger charge is 2.56. The van der Waals surface area contributed by atoms with Gasteiger partial charge in [0.2, 0.25) is 0 Å². The molecule has 0 radical (unpaired) electrons. The Morgan fingerprint density at radius 3 is 1.85 bits per heavy atom. The highest BCUT2D eigenvalue weighted by molar-refractivity contribution is 6.31. The number of carbonyl (C=O) groups is 5. The number of aliphatic hydroxyl groups excluding tert-OH is 1. The Morgan fingerprint density at radius 1 is 0.756 bits per heavy atom. The highest BCUT2D eigenvalue weighted by atomic mass is 35.5. The molecule has 2 aromatic rings. The summed E-state index contributed by atoms with van der Waals surface area (Å²) in [5, 5.41) is 12.1. The minimum Gasteiger partial charge on any atom is -0.465 e. The summed E-state index contributed by atoms with van der Waals surface area (Å²) >= 11 is 6.53. The second-order valence-electron chi connectivity index (χ2n) is 9.99. The molecule has 0 heterocycles. The molecule has 1 N–H and O–H groups in total. The third-order valence-electron chi connectivity index (χ3n) is 6.83. The lowest BCUT2D eigenvalue weighted by molar-refractivity contribution is -0.217. The van der Waals surface area contributed by atoms with Gasteiger partial charge in [-0.15, -0.1) is 0 Å². The van der Waals surface area contributed by atoms with Gasteiger partial charge in [-0.3, -0.25) is 24.0 Å². The van der Waals surface area contributed by atoms with Crippen molar-refractivity contribution in [2.75, 3.05) is 6.61 Å². The Morgan fingerprint density at radius 2 is 1.32 bits per heavy atom. The van der Waals surface area contributed by atoms with Crippen LogP contribution in [0.3, 0.4) is 0 Å². The summed E-state index contributed by atoms with van der Waals surface area (Å²) in [4.78, 5) is 59.7. The van der Waals surface area contributed by atoms with E-state index in [-0.39, 0.29) is 12.4 Å². The van der Waals surface area contributed by atoms with E-state index >= 15 is 0 Å². The zero-order valence-corrected chi connectivity index (χ0v) is 24.2. The molecule has 1 saturated carbocycles. The summed E-state index contributed by atoms with van der Waals surface area (Å²) < 4.78 is 21.8. The van der Waals surface area contributed by atoms with Crippen molar-refractivity contribution >= 4 is 41.3 Å². The van der Waals surface area contributed by atoms with Crippen LogP contribution < -0.4 is 0 Å². The van der Waals surface area contributed by atoms with Gasteiger partial charge in [-0.2, -0.15) is 0 Å². The third-order valence-corrected chi connectivity index (χ3v) is 7.19. The summed E-state index contributed by atoms with van der Waals surface area (Å²) in [6, 6.07) is 12.1. The number of hydrogen-bond acceptors (Lipinski definition) is 10. The number of benzene rings is 2. The predicted molar refractivity (Wildman–Crippen MR) is 146 cm³/mol. The van der Waals surface area contributed by atoms with Crippen molar-refractivity contribution in [3.8, 4) is 0 Å². The maximum Gasteiger partial charge on any atom is 0.303 e. The van der Waals surface area contributed by atoms with Crippen molar-refractivity contribution < 1.29 is 48.0 Å². The van der Waals surface area contributed by atoms with E-state index in [1.165, 1.54) is 13.8 Å². The van der Waals surface area contributed by atoms with Crippen LogP contribution >= 0.6 is 11.6 Å². The number of esters is 4. The van der Waals surface area contributed by atoms with Gasteiger partial charge in [0.05, 0.1) is 17.9 Å². The number of hydrogen-bond donors (Lipinski definition) is 1. The molecular weight excluding hydrogens is 556 g/mol. The summed E-state index contributed by atoms with van der Waals surface area (Å²) in [7, 11) is 0. The fraction of sp³-hybridized carbons (Fsp3) is 0.433. The largest absolute Gasteiger partial charge is 0.465 e. The number of halogens is 1. The fourth-order valence-electron chi connectivity index (χ4n) is 5.10. The Kier molecular flexibility index (Phi) is 10.6. The lowest BCUT2D eigenvalue weighted by Crippen LogP contribution is -2.61. The molecule has 0 saturated heterocycles. The molecule has 1 aliphatic rings. The normalized spacial score (nSPS) is 23.7. The highest BCUT2D eigenvalue weighted by Crippen LogP contribution is 2.43. The lowest BCUT2D eigenvalue weighted by Gasteiger charge is -2.47. The van der Waals surface area contributed by atoms with Crippen LogP contribution in [-0.4, -0.2) is 65.8 Å². The molecule has 6 atom stereocenters. The fourth-order valence-corrected chi connectivity index (χ4v) is 5.29. The van der Waals surface area contributed by atoms with Crippen molar-refractivity contribution in [1.82, 2.24) is 0 Å². The molecule has 41 heavy (non-hydrogen) atoms. The Balaban J connectivity index is 2.11. The van der Waals surface area contributed by atoms with Gasteiger partial charge in [0.25, 0.3) is 0 Å². The van der Waals surface area contributed by atoms with Crippen LogP contribution in [0.5, 0.6) is 0 Å². The van der Waals surface area contributed by atoms with Gasteiger partial charge in [0.1, 0.15) is 6.61 Å². The van der Waals surface area contributed by atoms with Crippen molar-refractivity contribution in [2.45, 2.75) is 71.4 Å². The summed E-state index contributed by atoms with van der Waals surface area (Å²) in [6.45, 7) is 5.76. The van der Waals surface area contributed by atoms with Crippen molar-refractivity contribution in [1.29, 1.82) is 0 Å². The van der Waals surface area contributed by atoms with Crippen LogP contribution in [0.1, 0.15) is 67.6 Å². The first kappa shape index (κ1) is 31.8. The van der Waals surface area contributed by atoms with Gasteiger partial charge >= 0.3 is 23.9 Å². The van der Waals surface area contributed by atoms with Gasteiger partial charge in [-0.05, 0) is 36.1 Å². The zero-order valence-electron chi connectivity index (χ0n) is 23.4. The number of aliphatic hydroxyl groups is 1. The molecule has 1 fully saturated rings. The quantitative estimate of drug-likeness (QED) is 0.262. The first-order valence-corrected chi connectivity index (χ1v) is 13.4. The molecule has 6 unspecified atom stereocenters. The first-order chi connectivity index (χ1) is 19.3. The average molecular weight is 589 g/mol. The van der Waals surface area contributed by atoms with E-state index in [2.05, 4.69) is 0 Å². The number of ether oxygens (including phenoxy) is 4. The molecular formula is C30H33ClO10. The molecule has 220 valence electrons. The topological polar surface area (TPSA) is 143 Å². The van der Waals surface area contributed by atoms with E-state index < -0.39 is 60.1 Å². The molecule has 3 rings (SSSR count). The van der Waals surface area contributed by atoms with E-state index in [4.69, 9.17) is 30.5 Å². The summed E-state index contributed by atoms with van der Waals surface area (Å²) in [6.07, 6.45) is -4.89. The standard InChI is InChI=1S/C30H33ClO10/c1-15(32)21-8-6-20(7-9-21)12-23-13-22(10-11-25(23)31)26-27(37)24(14-38-16(2)33)28(39-17(3)34)30(41-19(5)36)29(26)40-18(4)35/h6-11,13,24,26-30,37H,12,14H2,1-5H3. The van der Waals surface area contributed by atoms with Crippen LogP contribution in [0.25, 0.3) is 0 Å². The van der Waals surface area contributed by atoms with Crippen LogP contribution in [0.4, 0.5) is 0 Å². The predicted octanol–water partition coefficient (Wildman–Crippen LogP) is 3.57. The van der Waals surface area contributed by atoms with E-state index in [9.17, 15) is 29.1 Å². The van der Waals surface area contributed by atoms with Crippen LogP contribution in [0, 0.1) is 5.92 Å². The van der Waals surface area contributed by atoms with Crippen LogP contribution in [0.15, 0.2) is 42.5 Å². The first-order valence-electron chi connectivity index (χ1n) is 13.0. The zero-order chi connectivity index (χ0) is 30.4. The Bertz CT molecular complexity index is 1300. The second-order valence-corrected chi connectivity index (χ2v) is 10.4.